The largest absolute Gasteiger partial charge is 0.480 e. The van der Waals surface area contributed by atoms with Crippen molar-refractivity contribution in [1.29, 1.82) is 5.26 Å². The molecule has 0 saturated carbocycles. The molecule has 0 aliphatic heterocycles. The maximum Gasteiger partial charge on any atom is 0.317 e. The van der Waals surface area contributed by atoms with Crippen LogP contribution in [-0.4, -0.2) is 48.6 Å². The molecule has 1 aromatic carbocycles. The molecule has 1 rings (SSSR count). The van der Waals surface area contributed by atoms with Gasteiger partial charge < -0.3 is 5.11 Å². The summed E-state index contributed by atoms with van der Waals surface area (Å²) < 4.78 is 0. The Morgan fingerprint density at radius 2 is 1.89 bits per heavy atom. The quantitative estimate of drug-likeness (QED) is 0.756. The highest BCUT2D eigenvalue weighted by molar-refractivity contribution is 5.95. The topological polar surface area (TPSA) is 84.6 Å². The van der Waals surface area contributed by atoms with E-state index in [1.165, 1.54) is 9.80 Å². The van der Waals surface area contributed by atoms with Crippen molar-refractivity contribution in [3.8, 4) is 6.07 Å². The van der Waals surface area contributed by atoms with Crippen molar-refractivity contribution >= 4 is 17.6 Å². The molecular formula is C13H15N3O3. The highest BCUT2D eigenvalue weighted by Gasteiger charge is 2.17. The molecule has 0 aliphatic rings. The Bertz CT molecular complexity index is 482. The molecule has 1 aromatic rings. The van der Waals surface area contributed by atoms with Crippen LogP contribution in [0.1, 0.15) is 0 Å². The van der Waals surface area contributed by atoms with Gasteiger partial charge in [0.25, 0.3) is 0 Å². The maximum absolute atomic E-state index is 12.1. The molecule has 6 heteroatoms. The number of carboxylic acids is 1. The number of para-hydroxylation sites is 1. The predicted molar refractivity (Wildman–Crippen MR) is 69.5 cm³/mol. The van der Waals surface area contributed by atoms with E-state index < -0.39 is 5.97 Å². The molecule has 0 unspecified atom stereocenters. The molecule has 0 atom stereocenters. The number of rotatable bonds is 6. The third kappa shape index (κ3) is 4.77. The minimum atomic E-state index is -0.998. The van der Waals surface area contributed by atoms with Crippen molar-refractivity contribution in [2.24, 2.45) is 0 Å². The smallest absolute Gasteiger partial charge is 0.317 e. The van der Waals surface area contributed by atoms with Gasteiger partial charge in [-0.25, -0.2) is 0 Å². The van der Waals surface area contributed by atoms with Gasteiger partial charge in [0.05, 0.1) is 19.2 Å². The van der Waals surface area contributed by atoms with Gasteiger partial charge in [0, 0.05) is 5.69 Å². The Morgan fingerprint density at radius 3 is 2.42 bits per heavy atom. The zero-order valence-corrected chi connectivity index (χ0v) is 10.6. The fraction of sp³-hybridized carbons (Fsp3) is 0.308. The average molecular weight is 261 g/mol. The lowest BCUT2D eigenvalue weighted by molar-refractivity contribution is -0.138. The van der Waals surface area contributed by atoms with Crippen LogP contribution in [0.25, 0.3) is 0 Å². The van der Waals surface area contributed by atoms with E-state index in [1.54, 1.807) is 31.3 Å². The zero-order valence-electron chi connectivity index (χ0n) is 10.6. The van der Waals surface area contributed by atoms with E-state index in [9.17, 15) is 9.59 Å². The fourth-order valence-electron chi connectivity index (χ4n) is 1.61. The van der Waals surface area contributed by atoms with Crippen molar-refractivity contribution < 1.29 is 14.7 Å². The zero-order chi connectivity index (χ0) is 14.3. The minimum absolute atomic E-state index is 0.0527. The van der Waals surface area contributed by atoms with Gasteiger partial charge in [0.1, 0.15) is 6.54 Å². The lowest BCUT2D eigenvalue weighted by atomic mass is 10.2. The first-order valence-corrected chi connectivity index (χ1v) is 5.67. The van der Waals surface area contributed by atoms with Gasteiger partial charge in [0.15, 0.2) is 0 Å². The second kappa shape index (κ2) is 7.13. The van der Waals surface area contributed by atoms with E-state index in [0.717, 1.165) is 0 Å². The molecule has 0 saturated heterocycles. The van der Waals surface area contributed by atoms with E-state index in [0.29, 0.717) is 5.69 Å². The number of amides is 1. The van der Waals surface area contributed by atoms with Gasteiger partial charge in [-0.15, -0.1) is 0 Å². The Balaban J connectivity index is 2.75. The Kier molecular flexibility index (Phi) is 5.51. The van der Waals surface area contributed by atoms with Crippen LogP contribution >= 0.6 is 0 Å². The number of aliphatic carboxylic acids is 1. The van der Waals surface area contributed by atoms with E-state index in [2.05, 4.69) is 0 Å². The lowest BCUT2D eigenvalue weighted by Crippen LogP contribution is -2.40. The molecule has 0 radical (unpaired) electrons. The monoisotopic (exact) mass is 261 g/mol. The SMILES string of the molecule is CN(CC(=O)O)CC(=O)N(CC#N)c1ccccc1. The second-order valence-electron chi connectivity index (χ2n) is 4.04. The molecule has 19 heavy (non-hydrogen) atoms. The van der Waals surface area contributed by atoms with Crippen molar-refractivity contribution in [2.45, 2.75) is 0 Å². The molecule has 100 valence electrons. The Morgan fingerprint density at radius 1 is 1.26 bits per heavy atom. The summed E-state index contributed by atoms with van der Waals surface area (Å²) in [6, 6.07) is 10.7. The number of likely N-dealkylation sites (N-methyl/N-ethyl adjacent to an activating group) is 1. The molecular weight excluding hydrogens is 246 g/mol. The van der Waals surface area contributed by atoms with Gasteiger partial charge in [0.2, 0.25) is 5.91 Å². The summed E-state index contributed by atoms with van der Waals surface area (Å²) in [6.07, 6.45) is 0. The van der Waals surface area contributed by atoms with Crippen molar-refractivity contribution in [3.63, 3.8) is 0 Å². The van der Waals surface area contributed by atoms with E-state index in [-0.39, 0.29) is 25.5 Å². The molecule has 0 aromatic heterocycles. The van der Waals surface area contributed by atoms with Gasteiger partial charge in [-0.2, -0.15) is 5.26 Å². The second-order valence-corrected chi connectivity index (χ2v) is 4.04. The highest BCUT2D eigenvalue weighted by atomic mass is 16.4. The van der Waals surface area contributed by atoms with Crippen molar-refractivity contribution in [2.75, 3.05) is 31.6 Å². The number of nitrogens with zero attached hydrogens (tertiary/aromatic N) is 3. The van der Waals surface area contributed by atoms with Crippen molar-refractivity contribution in [1.82, 2.24) is 4.90 Å². The summed E-state index contributed by atoms with van der Waals surface area (Å²) in [4.78, 5) is 25.3. The van der Waals surface area contributed by atoms with Crippen LogP contribution in [0.3, 0.4) is 0 Å². The minimum Gasteiger partial charge on any atom is -0.480 e. The molecule has 6 nitrogen and oxygen atoms in total. The molecule has 1 amide bonds. The Labute approximate surface area is 111 Å². The number of benzene rings is 1. The number of hydrogen-bond donors (Lipinski definition) is 1. The first kappa shape index (κ1) is 14.7. The normalized spacial score (nSPS) is 9.95. The van der Waals surface area contributed by atoms with E-state index in [4.69, 9.17) is 10.4 Å². The fourth-order valence-corrected chi connectivity index (χ4v) is 1.61. The van der Waals surface area contributed by atoms with E-state index in [1.807, 2.05) is 12.1 Å². The summed E-state index contributed by atoms with van der Waals surface area (Å²) in [5.41, 5.74) is 0.623. The first-order valence-electron chi connectivity index (χ1n) is 5.67. The van der Waals surface area contributed by atoms with Gasteiger partial charge in [-0.1, -0.05) is 18.2 Å². The molecule has 0 spiro atoms. The van der Waals surface area contributed by atoms with Crippen LogP contribution in [0.5, 0.6) is 0 Å². The van der Waals surface area contributed by atoms with Gasteiger partial charge >= 0.3 is 5.97 Å². The standard InChI is InChI=1S/C13H15N3O3/c1-15(10-13(18)19)9-12(17)16(8-7-14)11-5-3-2-4-6-11/h2-6H,8-10H2,1H3,(H,18,19). The number of anilines is 1. The summed E-state index contributed by atoms with van der Waals surface area (Å²) in [5.74, 6) is -1.31. The van der Waals surface area contributed by atoms with Crippen LogP contribution in [0.4, 0.5) is 5.69 Å². The number of hydrogen-bond acceptors (Lipinski definition) is 4. The molecule has 1 N–H and O–H groups in total. The summed E-state index contributed by atoms with van der Waals surface area (Å²) in [7, 11) is 1.54. The van der Waals surface area contributed by atoms with Crippen molar-refractivity contribution in [3.05, 3.63) is 30.3 Å². The Hall–Kier alpha value is -2.39. The number of carbonyl (C=O) groups is 2. The maximum atomic E-state index is 12.1. The number of nitriles is 1. The van der Waals surface area contributed by atoms with Gasteiger partial charge in [-0.3, -0.25) is 19.4 Å². The van der Waals surface area contributed by atoms with Crippen LogP contribution in [0.15, 0.2) is 30.3 Å². The molecule has 0 aliphatic carbocycles. The predicted octanol–water partition coefficient (Wildman–Crippen LogP) is 0.560. The highest BCUT2D eigenvalue weighted by Crippen LogP contribution is 2.13. The summed E-state index contributed by atoms with van der Waals surface area (Å²) >= 11 is 0. The molecule has 0 bridgehead atoms. The average Bonchev–Trinajstić information content (AvgIpc) is 2.35. The third-order valence-corrected chi connectivity index (χ3v) is 2.41. The van der Waals surface area contributed by atoms with Crippen LogP contribution in [0, 0.1) is 11.3 Å². The third-order valence-electron chi connectivity index (χ3n) is 2.41. The number of carbonyl (C=O) groups excluding carboxylic acids is 1. The summed E-state index contributed by atoms with van der Waals surface area (Å²) in [6.45, 7) is -0.340. The van der Waals surface area contributed by atoms with E-state index >= 15 is 0 Å². The molecule has 0 fully saturated rings. The van der Waals surface area contributed by atoms with Crippen LogP contribution < -0.4 is 4.90 Å². The first-order chi connectivity index (χ1) is 9.04. The van der Waals surface area contributed by atoms with Crippen LogP contribution in [-0.2, 0) is 9.59 Å². The lowest BCUT2D eigenvalue weighted by Gasteiger charge is -2.22. The summed E-state index contributed by atoms with van der Waals surface area (Å²) in [5, 5.41) is 17.4. The van der Waals surface area contributed by atoms with Gasteiger partial charge in [-0.05, 0) is 19.2 Å². The molecule has 0 heterocycles. The van der Waals surface area contributed by atoms with Crippen LogP contribution in [0.2, 0.25) is 0 Å². The number of carboxylic acid groups (broad SMARTS) is 1.